The maximum atomic E-state index is 12.0. The monoisotopic (exact) mass is 1370 g/mol. The molecule has 6 atom stereocenters. The van der Waals surface area contributed by atoms with Crippen LogP contribution in [-0.4, -0.2) is 189 Å². The summed E-state index contributed by atoms with van der Waals surface area (Å²) in [5.74, 6) is 5.02. The molecule has 0 aromatic rings. The second kappa shape index (κ2) is 42.7. The molecule has 6 rings (SSSR count). The number of carbonyl (C=O) groups excluding carboxylic acids is 6. The van der Waals surface area contributed by atoms with Crippen molar-refractivity contribution in [1.82, 2.24) is 0 Å². The molecule has 0 aliphatic carbocycles. The van der Waals surface area contributed by atoms with E-state index in [1.807, 2.05) is 35.3 Å². The van der Waals surface area contributed by atoms with Gasteiger partial charge < -0.3 is 42.6 Å². The molecule has 0 spiro atoms. The van der Waals surface area contributed by atoms with E-state index >= 15 is 0 Å². The van der Waals surface area contributed by atoms with Gasteiger partial charge in [0, 0.05) is 40.8 Å². The quantitative estimate of drug-likeness (QED) is 0.0776. The van der Waals surface area contributed by atoms with Gasteiger partial charge in [-0.25, -0.2) is 24.0 Å². The zero-order valence-electron chi connectivity index (χ0n) is 45.5. The smallest absolute Gasteiger partial charge is 0.422 e. The van der Waals surface area contributed by atoms with Gasteiger partial charge in [0.1, 0.15) is 16.7 Å². The highest BCUT2D eigenvalue weighted by Gasteiger charge is 2.41. The van der Waals surface area contributed by atoms with E-state index in [-0.39, 0.29) is 34.5 Å². The molecule has 6 saturated heterocycles. The fourth-order valence-corrected chi connectivity index (χ4v) is 14.5. The molecule has 0 aromatic heterocycles. The molecule has 474 valence electrons. The average molecular weight is 1370 g/mol. The van der Waals surface area contributed by atoms with E-state index < -0.39 is 71.2 Å². The zero-order valence-corrected chi connectivity index (χ0v) is 52.9. The minimum atomic E-state index is -4.75. The summed E-state index contributed by atoms with van der Waals surface area (Å²) in [6.07, 6.45) is -12.5. The summed E-state index contributed by atoms with van der Waals surface area (Å²) < 4.78 is 152. The van der Waals surface area contributed by atoms with Crippen LogP contribution >= 0.6 is 106 Å². The first-order chi connectivity index (χ1) is 38.8. The molecule has 0 N–H and O–H groups in total. The Kier molecular flexibility index (Phi) is 40.5. The Morgan fingerprint density at radius 1 is 0.434 bits per heavy atom. The number of alkyl halides is 9. The lowest BCUT2D eigenvalue weighted by Crippen LogP contribution is -2.31. The van der Waals surface area contributed by atoms with E-state index in [1.165, 1.54) is 77.1 Å². The highest BCUT2D eigenvalue weighted by atomic mass is 32.2. The molecule has 33 heteroatoms. The highest BCUT2D eigenvalue weighted by molar-refractivity contribution is 8.26. The van der Waals surface area contributed by atoms with Crippen molar-refractivity contribution in [2.24, 2.45) is 0 Å². The summed E-state index contributed by atoms with van der Waals surface area (Å²) in [6.45, 7) is 25.9. The summed E-state index contributed by atoms with van der Waals surface area (Å²) in [5.41, 5.74) is -3.75. The number of rotatable bonds is 12. The lowest BCUT2D eigenvalue weighted by Gasteiger charge is -2.22. The molecule has 0 bridgehead atoms. The first kappa shape index (κ1) is 78.8. The third-order valence-corrected chi connectivity index (χ3v) is 20.1. The van der Waals surface area contributed by atoms with Gasteiger partial charge in [-0.05, 0) is 74.4 Å². The van der Waals surface area contributed by atoms with Gasteiger partial charge in [-0.3, -0.25) is 4.79 Å². The summed E-state index contributed by atoms with van der Waals surface area (Å²) in [5, 5.41) is 0.153. The van der Waals surface area contributed by atoms with Crippen molar-refractivity contribution in [3.8, 4) is 0 Å². The Labute approximate surface area is 515 Å². The summed E-state index contributed by atoms with van der Waals surface area (Å²) in [4.78, 5) is 66.4. The Morgan fingerprint density at radius 2 is 0.855 bits per heavy atom. The Bertz CT molecular complexity index is 1950. The minimum absolute atomic E-state index is 0.0247. The van der Waals surface area contributed by atoms with Crippen LogP contribution in [-0.2, 0) is 71.4 Å². The number of hydrogen-bond acceptors (Lipinski definition) is 24. The third-order valence-electron chi connectivity index (χ3n) is 9.38. The lowest BCUT2D eigenvalue weighted by molar-refractivity contribution is -0.177. The van der Waals surface area contributed by atoms with Crippen LogP contribution in [0.3, 0.4) is 0 Å². The Hall–Kier alpha value is -2.18. The van der Waals surface area contributed by atoms with Gasteiger partial charge in [0.15, 0.2) is 16.3 Å². The number of halogens is 9. The average Bonchev–Trinajstić information content (AvgIpc) is 3.63. The first-order valence-corrected chi connectivity index (χ1v) is 34.2. The standard InChI is InChI=1S/C9H14O3S.C9H14O2S2.C9H14OS3.2C8H9F3O3S.C7H7F3O3S/c1-7(2)9(10)12-8-6-11-4-3-5-13-8;1-7(2)9(10)11-8-6-12-4-3-5-13-8;1-7(2)9(10)13-8-6-11-4-3-5-12-8;1-5(8(9,10)11)7(12)14-6-4-15-3-2-13-6;1-5(8(9,10)11)7(12)14-6-4-13-2-3-15-6;1-4(7(8,9)10)6(11)13-5-2-14-3-12-5/h3*8H,1,3-6H2,2H3;2*6H,1-4H2;5H,1-3H2. The summed E-state index contributed by atoms with van der Waals surface area (Å²) in [7, 11) is 0. The van der Waals surface area contributed by atoms with Gasteiger partial charge in [-0.15, -0.1) is 58.8 Å². The molecule has 83 heavy (non-hydrogen) atoms. The van der Waals surface area contributed by atoms with Crippen LogP contribution in [0.25, 0.3) is 0 Å². The molecule has 6 heterocycles. The van der Waals surface area contributed by atoms with Gasteiger partial charge in [-0.2, -0.15) is 74.8 Å². The predicted octanol–water partition coefficient (Wildman–Crippen LogP) is 12.1. The molecule has 6 aliphatic rings. The summed E-state index contributed by atoms with van der Waals surface area (Å²) in [6, 6.07) is 0. The maximum absolute atomic E-state index is 12.0. The van der Waals surface area contributed by atoms with Crippen LogP contribution in [0.15, 0.2) is 72.9 Å². The van der Waals surface area contributed by atoms with Crippen molar-refractivity contribution in [3.63, 3.8) is 0 Å². The van der Waals surface area contributed by atoms with Crippen molar-refractivity contribution >= 4 is 141 Å². The number of hydrogen-bond donors (Lipinski definition) is 0. The van der Waals surface area contributed by atoms with Crippen LogP contribution < -0.4 is 0 Å². The van der Waals surface area contributed by atoms with E-state index in [0.29, 0.717) is 64.3 Å². The van der Waals surface area contributed by atoms with Crippen LogP contribution in [0.5, 0.6) is 0 Å². The van der Waals surface area contributed by atoms with Crippen LogP contribution in [0, 0.1) is 0 Å². The van der Waals surface area contributed by atoms with Gasteiger partial charge in [-0.1, -0.05) is 51.2 Å². The molecule has 0 radical (unpaired) electrons. The van der Waals surface area contributed by atoms with Crippen molar-refractivity contribution in [2.75, 3.05) is 102 Å². The molecule has 6 unspecified atom stereocenters. The van der Waals surface area contributed by atoms with E-state index in [1.54, 1.807) is 44.3 Å². The molecule has 15 nitrogen and oxygen atoms in total. The minimum Gasteiger partial charge on any atom is -0.447 e. The Balaban J connectivity index is 0.000000499. The summed E-state index contributed by atoms with van der Waals surface area (Å²) >= 11 is 14.5. The lowest BCUT2D eigenvalue weighted by atomic mass is 10.3. The zero-order chi connectivity index (χ0) is 62.8. The number of carbonyl (C=O) groups is 6. The normalized spacial score (nSPS) is 22.7. The van der Waals surface area contributed by atoms with Gasteiger partial charge in [0.25, 0.3) is 0 Å². The number of ether oxygens (including phenoxy) is 9. The van der Waals surface area contributed by atoms with Crippen molar-refractivity contribution in [1.29, 1.82) is 0 Å². The van der Waals surface area contributed by atoms with E-state index in [0.717, 1.165) is 41.8 Å². The number of esters is 5. The van der Waals surface area contributed by atoms with Crippen LogP contribution in [0.1, 0.15) is 40.0 Å². The van der Waals surface area contributed by atoms with Crippen LogP contribution in [0.4, 0.5) is 39.5 Å². The molecular formula is C50H67F9O15S9. The second-order valence-corrected chi connectivity index (χ2v) is 27.7. The van der Waals surface area contributed by atoms with Gasteiger partial charge in [0.05, 0.1) is 48.5 Å². The van der Waals surface area contributed by atoms with E-state index in [9.17, 15) is 68.3 Å². The predicted molar refractivity (Wildman–Crippen MR) is 317 cm³/mol. The Morgan fingerprint density at radius 3 is 1.33 bits per heavy atom. The van der Waals surface area contributed by atoms with Crippen molar-refractivity contribution < 1.29 is 111 Å². The molecule has 6 aliphatic heterocycles. The SMILES string of the molecule is C=C(C(=O)OC1COCCS1)C(F)(F)F.C=C(C(=O)OC1CSCCO1)C(F)(F)F.C=C(C(=O)OC1CSCO1)C(F)(F)F.C=C(C)C(=O)OC1COCCCS1.C=C(C)C(=O)OC1CSCCCS1.C=C(C)C(=O)SC1CSCCCS1. The molecule has 6 fully saturated rings. The fourth-order valence-electron chi connectivity index (χ4n) is 5.05. The molecule has 0 amide bonds. The second-order valence-electron chi connectivity index (χ2n) is 16.7. The maximum Gasteiger partial charge on any atom is 0.422 e. The molecule has 0 aromatic carbocycles. The topological polar surface area (TPSA) is 185 Å². The van der Waals surface area contributed by atoms with E-state index in [4.69, 9.17) is 28.4 Å². The largest absolute Gasteiger partial charge is 0.447 e. The molecular weight excluding hydrogens is 1300 g/mol. The van der Waals surface area contributed by atoms with Gasteiger partial charge in [0.2, 0.25) is 17.7 Å². The third kappa shape index (κ3) is 37.3. The van der Waals surface area contributed by atoms with Crippen molar-refractivity contribution in [3.05, 3.63) is 72.9 Å². The first-order valence-electron chi connectivity index (χ1n) is 24.5. The van der Waals surface area contributed by atoms with Gasteiger partial charge >= 0.3 is 48.4 Å². The highest BCUT2D eigenvalue weighted by Crippen LogP contribution is 2.34. The fraction of sp³-hybridized carbons (Fsp3) is 0.640. The molecule has 0 saturated carbocycles. The van der Waals surface area contributed by atoms with Crippen LogP contribution in [0.2, 0.25) is 0 Å². The van der Waals surface area contributed by atoms with E-state index in [2.05, 4.69) is 53.7 Å². The number of thioether (sulfide) groups is 9. The van der Waals surface area contributed by atoms with Crippen molar-refractivity contribution in [2.45, 2.75) is 92.0 Å².